The number of ether oxygens (including phenoxy) is 1. The highest BCUT2D eigenvalue weighted by molar-refractivity contribution is 7.08. The van der Waals surface area contributed by atoms with Crippen LogP contribution < -0.4 is 10.1 Å². The van der Waals surface area contributed by atoms with Gasteiger partial charge in [-0.25, -0.2) is 15.0 Å². The number of aromatic nitrogens is 4. The maximum absolute atomic E-state index is 11.9. The number of carbonyl (C=O) groups excluding carboxylic acids is 1. The van der Waals surface area contributed by atoms with Crippen molar-refractivity contribution in [2.45, 2.75) is 13.3 Å². The summed E-state index contributed by atoms with van der Waals surface area (Å²) in [4.78, 5) is 26.2. The molecule has 0 aliphatic carbocycles. The van der Waals surface area contributed by atoms with Crippen molar-refractivity contribution in [3.63, 3.8) is 0 Å². The van der Waals surface area contributed by atoms with Gasteiger partial charge in [-0.05, 0) is 48.6 Å². The van der Waals surface area contributed by atoms with Gasteiger partial charge in [0.05, 0.1) is 12.8 Å². The van der Waals surface area contributed by atoms with E-state index in [0.717, 1.165) is 23.4 Å². The average Bonchev–Trinajstić information content (AvgIpc) is 3.54. The Hall–Kier alpha value is -4.04. The van der Waals surface area contributed by atoms with Gasteiger partial charge in [-0.3, -0.25) is 9.36 Å². The van der Waals surface area contributed by atoms with E-state index in [-0.39, 0.29) is 5.78 Å². The van der Waals surface area contributed by atoms with E-state index in [2.05, 4.69) is 27.8 Å². The Kier molecular flexibility index (Phi) is 6.05. The highest BCUT2D eigenvalue weighted by atomic mass is 32.1. The van der Waals surface area contributed by atoms with Crippen LogP contribution in [0, 0.1) is 0 Å². The zero-order valence-corrected chi connectivity index (χ0v) is 19.7. The second-order valence-electron chi connectivity index (χ2n) is 7.83. The van der Waals surface area contributed by atoms with E-state index in [1.54, 1.807) is 37.8 Å². The first-order valence-corrected chi connectivity index (χ1v) is 11.8. The lowest BCUT2D eigenvalue weighted by Crippen LogP contribution is -2.09. The Balaban J connectivity index is 1.51. The minimum atomic E-state index is 0.00378. The van der Waals surface area contributed by atoms with Gasteiger partial charge in [-0.1, -0.05) is 30.3 Å². The standard InChI is InChI=1S/C26H23N5O2S/c1-17(32)19-4-3-5-20(14-19)24-29-25(27-12-10-18-6-8-22(33-2)9-7-18)23-26(30-24)31(16-28-23)21-11-13-34-15-21/h3-9,11,13-16H,10,12H2,1-2H3,(H,27,29,30). The largest absolute Gasteiger partial charge is 0.497 e. The molecule has 0 atom stereocenters. The molecular weight excluding hydrogens is 446 g/mol. The summed E-state index contributed by atoms with van der Waals surface area (Å²) in [6.07, 6.45) is 2.59. The van der Waals surface area contributed by atoms with Gasteiger partial charge < -0.3 is 10.1 Å². The van der Waals surface area contributed by atoms with E-state index >= 15 is 0 Å². The van der Waals surface area contributed by atoms with E-state index in [1.807, 2.05) is 46.3 Å². The number of nitrogens with one attached hydrogen (secondary N) is 1. The average molecular weight is 470 g/mol. The first-order chi connectivity index (χ1) is 16.6. The second kappa shape index (κ2) is 9.44. The smallest absolute Gasteiger partial charge is 0.170 e. The van der Waals surface area contributed by atoms with Crippen molar-refractivity contribution in [2.75, 3.05) is 19.0 Å². The fourth-order valence-corrected chi connectivity index (χ4v) is 4.36. The lowest BCUT2D eigenvalue weighted by Gasteiger charge is -2.10. The van der Waals surface area contributed by atoms with E-state index < -0.39 is 0 Å². The van der Waals surface area contributed by atoms with Crippen LogP contribution in [0.25, 0.3) is 28.2 Å². The van der Waals surface area contributed by atoms with Gasteiger partial charge in [-0.15, -0.1) is 0 Å². The SMILES string of the molecule is COc1ccc(CCNc2nc(-c3cccc(C(C)=O)c3)nc3c2ncn3-c2ccsc2)cc1. The van der Waals surface area contributed by atoms with Gasteiger partial charge in [0.25, 0.3) is 0 Å². The van der Waals surface area contributed by atoms with Crippen LogP contribution in [-0.2, 0) is 6.42 Å². The summed E-state index contributed by atoms with van der Waals surface area (Å²) in [5.74, 6) is 2.05. The van der Waals surface area contributed by atoms with Crippen LogP contribution in [-0.4, -0.2) is 39.0 Å². The number of anilines is 1. The predicted octanol–water partition coefficient (Wildman–Crippen LogP) is 5.41. The summed E-state index contributed by atoms with van der Waals surface area (Å²) in [6.45, 7) is 2.23. The molecule has 0 spiro atoms. The number of benzene rings is 2. The van der Waals surface area contributed by atoms with E-state index in [1.165, 1.54) is 5.56 Å². The molecule has 7 nitrogen and oxygen atoms in total. The van der Waals surface area contributed by atoms with Gasteiger partial charge in [-0.2, -0.15) is 11.3 Å². The summed E-state index contributed by atoms with van der Waals surface area (Å²) < 4.78 is 7.20. The number of ketones is 1. The molecule has 0 saturated heterocycles. The number of thiophene rings is 1. The van der Waals surface area contributed by atoms with Crippen molar-refractivity contribution in [3.8, 4) is 22.8 Å². The molecule has 170 valence electrons. The number of carbonyl (C=O) groups is 1. The number of rotatable bonds is 8. The van der Waals surface area contributed by atoms with Crippen molar-refractivity contribution in [1.29, 1.82) is 0 Å². The number of hydrogen-bond donors (Lipinski definition) is 1. The van der Waals surface area contributed by atoms with Crippen LogP contribution in [0.2, 0.25) is 0 Å². The Bertz CT molecular complexity index is 1440. The van der Waals surface area contributed by atoms with Gasteiger partial charge in [0, 0.05) is 23.1 Å². The van der Waals surface area contributed by atoms with Crippen LogP contribution >= 0.6 is 11.3 Å². The topological polar surface area (TPSA) is 81.9 Å². The molecule has 0 aliphatic rings. The quantitative estimate of drug-likeness (QED) is 0.306. The third-order valence-corrected chi connectivity index (χ3v) is 6.24. The van der Waals surface area contributed by atoms with Crippen molar-refractivity contribution >= 4 is 34.1 Å². The minimum Gasteiger partial charge on any atom is -0.497 e. The van der Waals surface area contributed by atoms with Crippen LogP contribution in [0.15, 0.2) is 71.7 Å². The summed E-state index contributed by atoms with van der Waals surface area (Å²) in [5, 5.41) is 7.52. The van der Waals surface area contributed by atoms with Crippen molar-refractivity contribution < 1.29 is 9.53 Å². The molecule has 5 rings (SSSR count). The Labute approximate surface area is 201 Å². The maximum atomic E-state index is 11.9. The zero-order chi connectivity index (χ0) is 23.5. The molecule has 5 aromatic rings. The molecule has 3 heterocycles. The van der Waals surface area contributed by atoms with Crippen LogP contribution in [0.1, 0.15) is 22.8 Å². The number of methoxy groups -OCH3 is 1. The van der Waals surface area contributed by atoms with Crippen LogP contribution in [0.5, 0.6) is 5.75 Å². The summed E-state index contributed by atoms with van der Waals surface area (Å²) in [6, 6.07) is 17.5. The third-order valence-electron chi connectivity index (χ3n) is 5.57. The molecule has 0 unspecified atom stereocenters. The highest BCUT2D eigenvalue weighted by Gasteiger charge is 2.16. The summed E-state index contributed by atoms with van der Waals surface area (Å²) in [7, 11) is 1.66. The van der Waals surface area contributed by atoms with Gasteiger partial charge in [0.2, 0.25) is 0 Å². The van der Waals surface area contributed by atoms with Crippen molar-refractivity contribution in [3.05, 3.63) is 82.8 Å². The van der Waals surface area contributed by atoms with Crippen LogP contribution in [0.4, 0.5) is 5.82 Å². The van der Waals surface area contributed by atoms with Crippen molar-refractivity contribution in [2.24, 2.45) is 0 Å². The van der Waals surface area contributed by atoms with Crippen molar-refractivity contribution in [1.82, 2.24) is 19.5 Å². The molecule has 0 amide bonds. The van der Waals surface area contributed by atoms with Crippen LogP contribution in [0.3, 0.4) is 0 Å². The number of hydrogen-bond acceptors (Lipinski definition) is 7. The van der Waals surface area contributed by atoms with Gasteiger partial charge in [0.1, 0.15) is 12.1 Å². The monoisotopic (exact) mass is 469 g/mol. The molecule has 0 bridgehead atoms. The minimum absolute atomic E-state index is 0.00378. The first kappa shape index (κ1) is 21.8. The number of fused-ring (bicyclic) bond motifs is 1. The first-order valence-electron chi connectivity index (χ1n) is 10.9. The molecule has 3 aromatic heterocycles. The maximum Gasteiger partial charge on any atom is 0.170 e. The summed E-state index contributed by atoms with van der Waals surface area (Å²) >= 11 is 1.62. The Morgan fingerprint density at radius 3 is 2.71 bits per heavy atom. The molecule has 0 fully saturated rings. The molecule has 0 saturated carbocycles. The second-order valence-corrected chi connectivity index (χ2v) is 8.61. The number of nitrogens with zero attached hydrogens (tertiary/aromatic N) is 4. The zero-order valence-electron chi connectivity index (χ0n) is 18.9. The number of Topliss-reactive ketones (excluding diaryl/α,β-unsaturated/α-hetero) is 1. The Morgan fingerprint density at radius 1 is 1.12 bits per heavy atom. The fourth-order valence-electron chi connectivity index (χ4n) is 3.73. The third kappa shape index (κ3) is 4.40. The van der Waals surface area contributed by atoms with E-state index in [9.17, 15) is 4.79 Å². The highest BCUT2D eigenvalue weighted by Crippen LogP contribution is 2.27. The van der Waals surface area contributed by atoms with E-state index in [0.29, 0.717) is 34.9 Å². The fraction of sp³-hybridized carbons (Fsp3) is 0.154. The predicted molar refractivity (Wildman–Crippen MR) is 135 cm³/mol. The van der Waals surface area contributed by atoms with E-state index in [4.69, 9.17) is 14.7 Å². The lowest BCUT2D eigenvalue weighted by molar-refractivity contribution is 0.101. The normalized spacial score (nSPS) is 11.0. The molecular formula is C26H23N5O2S. The summed E-state index contributed by atoms with van der Waals surface area (Å²) in [5.41, 5.74) is 5.01. The molecule has 34 heavy (non-hydrogen) atoms. The molecule has 0 aliphatic heterocycles. The molecule has 0 radical (unpaired) electrons. The van der Waals surface area contributed by atoms with Gasteiger partial charge >= 0.3 is 0 Å². The lowest BCUT2D eigenvalue weighted by atomic mass is 10.1. The molecule has 2 aromatic carbocycles. The van der Waals surface area contributed by atoms with Gasteiger partial charge in [0.15, 0.2) is 28.6 Å². The number of imidazole rings is 1. The molecule has 8 heteroatoms. The molecule has 1 N–H and O–H groups in total. The Morgan fingerprint density at radius 2 is 1.97 bits per heavy atom.